The number of rotatable bonds is 1. The van der Waals surface area contributed by atoms with Crippen LogP contribution in [0.15, 0.2) is 18.5 Å². The lowest BCUT2D eigenvalue weighted by molar-refractivity contribution is 0.668. The molecule has 0 unspecified atom stereocenters. The number of fused-ring (bicyclic) bond motifs is 1. The number of aromatic nitrogens is 3. The van der Waals surface area contributed by atoms with E-state index in [2.05, 4.69) is 10.1 Å². The van der Waals surface area contributed by atoms with Gasteiger partial charge in [0.05, 0.1) is 10.9 Å². The zero-order chi connectivity index (χ0) is 8.55. The highest BCUT2D eigenvalue weighted by Gasteiger charge is 2.02. The van der Waals surface area contributed by atoms with Gasteiger partial charge in [0.15, 0.2) is 0 Å². The number of aryl methyl sites for hydroxylation is 1. The molecule has 4 heteroatoms. The molecule has 0 bridgehead atoms. The van der Waals surface area contributed by atoms with Crippen LogP contribution in [0, 0.1) is 0 Å². The van der Waals surface area contributed by atoms with Gasteiger partial charge in [-0.25, -0.2) is 4.98 Å². The van der Waals surface area contributed by atoms with Crippen molar-refractivity contribution in [3.05, 3.63) is 23.6 Å². The van der Waals surface area contributed by atoms with Crippen molar-refractivity contribution in [1.82, 2.24) is 14.8 Å². The third-order valence-corrected chi connectivity index (χ3v) is 2.06. The van der Waals surface area contributed by atoms with Crippen LogP contribution in [0.25, 0.3) is 10.9 Å². The minimum absolute atomic E-state index is 0.521. The van der Waals surface area contributed by atoms with E-state index in [1.54, 1.807) is 6.20 Å². The van der Waals surface area contributed by atoms with Crippen LogP contribution in [0.4, 0.5) is 0 Å². The molecule has 0 spiro atoms. The van der Waals surface area contributed by atoms with Crippen LogP contribution < -0.4 is 0 Å². The van der Waals surface area contributed by atoms with E-state index in [1.807, 2.05) is 23.9 Å². The molecule has 0 amide bonds. The average Bonchev–Trinajstić information content (AvgIpc) is 2.49. The zero-order valence-electron chi connectivity index (χ0n) is 6.66. The molecule has 3 nitrogen and oxygen atoms in total. The summed E-state index contributed by atoms with van der Waals surface area (Å²) >= 11 is 5.86. The summed E-state index contributed by atoms with van der Waals surface area (Å²) < 4.78 is 1.85. The van der Waals surface area contributed by atoms with Crippen molar-refractivity contribution in [2.75, 3.05) is 0 Å². The van der Waals surface area contributed by atoms with Gasteiger partial charge in [0, 0.05) is 18.9 Å². The van der Waals surface area contributed by atoms with E-state index in [9.17, 15) is 0 Å². The van der Waals surface area contributed by atoms with Crippen molar-refractivity contribution in [3.63, 3.8) is 0 Å². The highest BCUT2D eigenvalue weighted by Crippen LogP contribution is 2.18. The summed E-state index contributed by atoms with van der Waals surface area (Å²) in [5.41, 5.74) is 0.900. The highest BCUT2D eigenvalue weighted by atomic mass is 35.5. The maximum absolute atomic E-state index is 5.86. The SMILES string of the molecule is CCn1cc2c(Cl)nccc2n1. The molecule has 2 rings (SSSR count). The Morgan fingerprint density at radius 1 is 1.58 bits per heavy atom. The van der Waals surface area contributed by atoms with Crippen molar-refractivity contribution >= 4 is 22.5 Å². The molecule has 0 saturated carbocycles. The van der Waals surface area contributed by atoms with Gasteiger partial charge in [-0.2, -0.15) is 5.10 Å². The van der Waals surface area contributed by atoms with E-state index < -0.39 is 0 Å². The first kappa shape index (κ1) is 7.55. The van der Waals surface area contributed by atoms with Crippen LogP contribution in [-0.2, 0) is 6.54 Å². The Morgan fingerprint density at radius 3 is 3.08 bits per heavy atom. The number of hydrogen-bond donors (Lipinski definition) is 0. The maximum atomic E-state index is 5.86. The fourth-order valence-electron chi connectivity index (χ4n) is 1.12. The molecule has 0 radical (unpaired) electrons. The molecule has 2 heterocycles. The Balaban J connectivity index is 2.74. The molecule has 2 aromatic heterocycles. The lowest BCUT2D eigenvalue weighted by Gasteiger charge is -1.88. The molecule has 0 aliphatic heterocycles. The van der Waals surface area contributed by atoms with Crippen LogP contribution in [0.5, 0.6) is 0 Å². The van der Waals surface area contributed by atoms with Crippen molar-refractivity contribution in [2.24, 2.45) is 0 Å². The summed E-state index contributed by atoms with van der Waals surface area (Å²) in [6, 6.07) is 1.85. The summed E-state index contributed by atoms with van der Waals surface area (Å²) in [6.07, 6.45) is 3.57. The smallest absolute Gasteiger partial charge is 0.139 e. The fourth-order valence-corrected chi connectivity index (χ4v) is 1.33. The van der Waals surface area contributed by atoms with Gasteiger partial charge >= 0.3 is 0 Å². The lowest BCUT2D eigenvalue weighted by atomic mass is 10.3. The normalized spacial score (nSPS) is 10.8. The topological polar surface area (TPSA) is 30.7 Å². The third kappa shape index (κ3) is 1.06. The van der Waals surface area contributed by atoms with Crippen LogP contribution in [0.3, 0.4) is 0 Å². The van der Waals surface area contributed by atoms with Gasteiger partial charge in [-0.15, -0.1) is 0 Å². The maximum Gasteiger partial charge on any atom is 0.139 e. The summed E-state index contributed by atoms with van der Waals surface area (Å²) in [5, 5.41) is 5.72. The van der Waals surface area contributed by atoms with E-state index in [1.165, 1.54) is 0 Å². The van der Waals surface area contributed by atoms with Crippen molar-refractivity contribution < 1.29 is 0 Å². The average molecular weight is 182 g/mol. The molecule has 0 aliphatic rings. The number of nitrogens with zero attached hydrogens (tertiary/aromatic N) is 3. The zero-order valence-corrected chi connectivity index (χ0v) is 7.41. The van der Waals surface area contributed by atoms with Gasteiger partial charge in [-0.1, -0.05) is 11.6 Å². The van der Waals surface area contributed by atoms with Crippen LogP contribution in [0.1, 0.15) is 6.92 Å². The monoisotopic (exact) mass is 181 g/mol. The van der Waals surface area contributed by atoms with Gasteiger partial charge in [0.25, 0.3) is 0 Å². The predicted octanol–water partition coefficient (Wildman–Crippen LogP) is 2.10. The lowest BCUT2D eigenvalue weighted by Crippen LogP contribution is -1.92. The van der Waals surface area contributed by atoms with Crippen LogP contribution in [0.2, 0.25) is 5.15 Å². The van der Waals surface area contributed by atoms with Crippen LogP contribution in [-0.4, -0.2) is 14.8 Å². The predicted molar refractivity (Wildman–Crippen MR) is 48.2 cm³/mol. The molecule has 0 aliphatic carbocycles. The van der Waals surface area contributed by atoms with Crippen molar-refractivity contribution in [2.45, 2.75) is 13.5 Å². The molecular formula is C8H8ClN3. The number of hydrogen-bond acceptors (Lipinski definition) is 2. The number of pyridine rings is 1. The molecule has 0 atom stereocenters. The Bertz CT molecular complexity index is 408. The number of halogens is 1. The first-order valence-electron chi connectivity index (χ1n) is 3.79. The second-order valence-electron chi connectivity index (χ2n) is 2.52. The molecule has 0 N–H and O–H groups in total. The highest BCUT2D eigenvalue weighted by molar-refractivity contribution is 6.34. The summed E-state index contributed by atoms with van der Waals surface area (Å²) in [5.74, 6) is 0. The molecule has 0 fully saturated rings. The molecule has 0 aromatic carbocycles. The molecular weight excluding hydrogens is 174 g/mol. The van der Waals surface area contributed by atoms with E-state index in [0.717, 1.165) is 17.4 Å². The summed E-state index contributed by atoms with van der Waals surface area (Å²) in [4.78, 5) is 3.97. The van der Waals surface area contributed by atoms with E-state index in [-0.39, 0.29) is 0 Å². The van der Waals surface area contributed by atoms with Gasteiger partial charge in [0.2, 0.25) is 0 Å². The first-order valence-corrected chi connectivity index (χ1v) is 4.16. The van der Waals surface area contributed by atoms with Gasteiger partial charge in [0.1, 0.15) is 5.15 Å². The second kappa shape index (κ2) is 2.75. The van der Waals surface area contributed by atoms with Gasteiger partial charge in [-0.3, -0.25) is 4.68 Å². The molecule has 12 heavy (non-hydrogen) atoms. The summed E-state index contributed by atoms with van der Waals surface area (Å²) in [7, 11) is 0. The van der Waals surface area contributed by atoms with Crippen molar-refractivity contribution in [1.29, 1.82) is 0 Å². The van der Waals surface area contributed by atoms with Gasteiger partial charge in [-0.05, 0) is 13.0 Å². The Morgan fingerprint density at radius 2 is 2.42 bits per heavy atom. The summed E-state index contributed by atoms with van der Waals surface area (Å²) in [6.45, 7) is 2.89. The standard InChI is InChI=1S/C8H8ClN3/c1-2-12-5-6-7(11-12)3-4-10-8(6)9/h3-5H,2H2,1H3. The van der Waals surface area contributed by atoms with E-state index in [0.29, 0.717) is 5.15 Å². The van der Waals surface area contributed by atoms with Crippen LogP contribution >= 0.6 is 11.6 Å². The Hall–Kier alpha value is -1.09. The third-order valence-electron chi connectivity index (χ3n) is 1.76. The minimum Gasteiger partial charge on any atom is -0.272 e. The Labute approximate surface area is 75.0 Å². The largest absolute Gasteiger partial charge is 0.272 e. The van der Waals surface area contributed by atoms with E-state index in [4.69, 9.17) is 11.6 Å². The van der Waals surface area contributed by atoms with E-state index >= 15 is 0 Å². The minimum atomic E-state index is 0.521. The fraction of sp³-hybridized carbons (Fsp3) is 0.250. The van der Waals surface area contributed by atoms with Crippen molar-refractivity contribution in [3.8, 4) is 0 Å². The quantitative estimate of drug-likeness (QED) is 0.631. The molecule has 62 valence electrons. The Kier molecular flexibility index (Phi) is 1.73. The molecule has 0 saturated heterocycles. The van der Waals surface area contributed by atoms with Gasteiger partial charge < -0.3 is 0 Å². The first-order chi connectivity index (χ1) is 5.81. The molecule has 2 aromatic rings. The second-order valence-corrected chi connectivity index (χ2v) is 2.88.